The van der Waals surface area contributed by atoms with Crippen LogP contribution in [-0.4, -0.2) is 6.54 Å². The molecule has 0 amide bonds. The summed E-state index contributed by atoms with van der Waals surface area (Å²) in [5.74, 6) is -0.297. The highest BCUT2D eigenvalue weighted by Crippen LogP contribution is 2.34. The van der Waals surface area contributed by atoms with Gasteiger partial charge in [0.15, 0.2) is 0 Å². The van der Waals surface area contributed by atoms with Crippen LogP contribution >= 0.6 is 39.1 Å². The third kappa shape index (κ3) is 3.98. The van der Waals surface area contributed by atoms with Gasteiger partial charge < -0.3 is 5.32 Å². The second-order valence-electron chi connectivity index (χ2n) is 4.70. The van der Waals surface area contributed by atoms with Gasteiger partial charge in [0.25, 0.3) is 0 Å². The highest BCUT2D eigenvalue weighted by atomic mass is 79.9. The molecule has 0 bridgehead atoms. The van der Waals surface area contributed by atoms with Crippen LogP contribution < -0.4 is 5.32 Å². The molecule has 0 radical (unpaired) electrons. The lowest BCUT2D eigenvalue weighted by molar-refractivity contribution is 0.583. The van der Waals surface area contributed by atoms with E-state index < -0.39 is 0 Å². The molecule has 2 rings (SSSR count). The molecule has 1 unspecified atom stereocenters. The Labute approximate surface area is 142 Å². The van der Waals surface area contributed by atoms with E-state index in [0.717, 1.165) is 24.1 Å². The monoisotopic (exact) mass is 389 g/mol. The summed E-state index contributed by atoms with van der Waals surface area (Å²) in [6.45, 7) is 2.87. The van der Waals surface area contributed by atoms with Gasteiger partial charge >= 0.3 is 0 Å². The van der Waals surface area contributed by atoms with E-state index in [0.29, 0.717) is 14.5 Å². The predicted molar refractivity (Wildman–Crippen MR) is 90.7 cm³/mol. The molecular weight excluding hydrogens is 376 g/mol. The first-order valence-corrected chi connectivity index (χ1v) is 8.21. The number of hydrogen-bond acceptors (Lipinski definition) is 1. The molecule has 2 aromatic rings. The van der Waals surface area contributed by atoms with Crippen LogP contribution in [0.5, 0.6) is 0 Å². The van der Waals surface area contributed by atoms with Gasteiger partial charge in [-0.15, -0.1) is 0 Å². The van der Waals surface area contributed by atoms with E-state index in [1.807, 2.05) is 18.2 Å². The molecule has 0 saturated carbocycles. The Kier molecular flexibility index (Phi) is 6.06. The zero-order valence-electron chi connectivity index (χ0n) is 11.5. The lowest BCUT2D eigenvalue weighted by Gasteiger charge is -2.21. The molecule has 0 fully saturated rings. The van der Waals surface area contributed by atoms with Crippen molar-refractivity contribution >= 4 is 39.1 Å². The Morgan fingerprint density at radius 3 is 2.67 bits per heavy atom. The van der Waals surface area contributed by atoms with Gasteiger partial charge in [-0.2, -0.15) is 0 Å². The van der Waals surface area contributed by atoms with E-state index in [-0.39, 0.29) is 11.9 Å². The van der Waals surface area contributed by atoms with Gasteiger partial charge in [0.2, 0.25) is 0 Å². The number of benzene rings is 2. The molecule has 0 spiro atoms. The molecule has 0 aliphatic carbocycles. The molecule has 1 atom stereocenters. The molecule has 2 aromatic carbocycles. The van der Waals surface area contributed by atoms with E-state index in [1.54, 1.807) is 12.1 Å². The smallest absolute Gasteiger partial charge is 0.137 e. The van der Waals surface area contributed by atoms with Crippen LogP contribution in [0.1, 0.15) is 30.5 Å². The molecular formula is C16H15BrCl2FN. The average molecular weight is 391 g/mol. The second-order valence-corrected chi connectivity index (χ2v) is 6.34. The van der Waals surface area contributed by atoms with E-state index in [1.165, 1.54) is 6.07 Å². The standard InChI is InChI=1S/C16H15BrCl2FN/c1-2-8-21-16(10-6-7-12(17)14(20)9-10)11-4-3-5-13(18)15(11)19/h3-7,9,16,21H,2,8H2,1H3. The quantitative estimate of drug-likeness (QED) is 0.661. The molecule has 0 saturated heterocycles. The summed E-state index contributed by atoms with van der Waals surface area (Å²) in [4.78, 5) is 0. The van der Waals surface area contributed by atoms with Crippen molar-refractivity contribution in [2.24, 2.45) is 0 Å². The minimum absolute atomic E-state index is 0.196. The molecule has 0 heterocycles. The lowest BCUT2D eigenvalue weighted by atomic mass is 9.98. The van der Waals surface area contributed by atoms with Crippen LogP contribution in [0.4, 0.5) is 4.39 Å². The van der Waals surface area contributed by atoms with Gasteiger partial charge in [-0.25, -0.2) is 4.39 Å². The zero-order valence-corrected chi connectivity index (χ0v) is 14.6. The number of halogens is 4. The molecule has 5 heteroatoms. The first kappa shape index (κ1) is 16.8. The van der Waals surface area contributed by atoms with Crippen molar-refractivity contribution in [1.29, 1.82) is 0 Å². The summed E-state index contributed by atoms with van der Waals surface area (Å²) in [6, 6.07) is 10.4. The fourth-order valence-corrected chi connectivity index (χ4v) is 2.79. The van der Waals surface area contributed by atoms with Gasteiger partial charge in [-0.1, -0.05) is 48.3 Å². The summed E-state index contributed by atoms with van der Waals surface area (Å²) >= 11 is 15.6. The van der Waals surface area contributed by atoms with Crippen LogP contribution in [0.3, 0.4) is 0 Å². The highest BCUT2D eigenvalue weighted by Gasteiger charge is 2.18. The Hall–Kier alpha value is -0.610. The van der Waals surface area contributed by atoms with Crippen molar-refractivity contribution in [1.82, 2.24) is 5.32 Å². The number of hydrogen-bond donors (Lipinski definition) is 1. The maximum absolute atomic E-state index is 13.8. The zero-order chi connectivity index (χ0) is 15.4. The number of nitrogens with one attached hydrogen (secondary N) is 1. The first-order chi connectivity index (χ1) is 10.0. The third-order valence-electron chi connectivity index (χ3n) is 3.17. The SMILES string of the molecule is CCCNC(c1ccc(Br)c(F)c1)c1cccc(Cl)c1Cl. The van der Waals surface area contributed by atoms with Crippen molar-refractivity contribution in [2.45, 2.75) is 19.4 Å². The summed E-state index contributed by atoms with van der Waals surface area (Å²) in [7, 11) is 0. The van der Waals surface area contributed by atoms with Crippen LogP contribution in [0.25, 0.3) is 0 Å². The molecule has 1 nitrogen and oxygen atoms in total. The van der Waals surface area contributed by atoms with Crippen molar-refractivity contribution < 1.29 is 4.39 Å². The topological polar surface area (TPSA) is 12.0 Å². The van der Waals surface area contributed by atoms with Gasteiger partial charge in [-0.05, 0) is 58.2 Å². The first-order valence-electron chi connectivity index (χ1n) is 6.66. The Balaban J connectivity index is 2.47. The fraction of sp³-hybridized carbons (Fsp3) is 0.250. The molecule has 1 N–H and O–H groups in total. The summed E-state index contributed by atoms with van der Waals surface area (Å²) in [5.41, 5.74) is 1.66. The minimum Gasteiger partial charge on any atom is -0.306 e. The number of rotatable bonds is 5. The van der Waals surface area contributed by atoms with Crippen molar-refractivity contribution in [3.63, 3.8) is 0 Å². The maximum Gasteiger partial charge on any atom is 0.137 e. The molecule has 21 heavy (non-hydrogen) atoms. The van der Waals surface area contributed by atoms with Crippen LogP contribution in [0.15, 0.2) is 40.9 Å². The fourth-order valence-electron chi connectivity index (χ4n) is 2.13. The normalized spacial score (nSPS) is 12.4. The molecule has 0 aromatic heterocycles. The van der Waals surface area contributed by atoms with E-state index >= 15 is 0 Å². The van der Waals surface area contributed by atoms with Crippen LogP contribution in [-0.2, 0) is 0 Å². The lowest BCUT2D eigenvalue weighted by Crippen LogP contribution is -2.23. The van der Waals surface area contributed by atoms with Crippen LogP contribution in [0.2, 0.25) is 10.0 Å². The Morgan fingerprint density at radius 2 is 2.00 bits per heavy atom. The second kappa shape index (κ2) is 7.59. The van der Waals surface area contributed by atoms with Gasteiger partial charge in [-0.3, -0.25) is 0 Å². The summed E-state index contributed by atoms with van der Waals surface area (Å²) < 4.78 is 14.3. The Bertz CT molecular complexity index is 634. The minimum atomic E-state index is -0.297. The molecule has 0 aliphatic heterocycles. The van der Waals surface area contributed by atoms with Gasteiger partial charge in [0.05, 0.1) is 20.6 Å². The van der Waals surface area contributed by atoms with Crippen molar-refractivity contribution in [2.75, 3.05) is 6.54 Å². The maximum atomic E-state index is 13.8. The van der Waals surface area contributed by atoms with Crippen molar-refractivity contribution in [3.8, 4) is 0 Å². The van der Waals surface area contributed by atoms with Crippen molar-refractivity contribution in [3.05, 3.63) is 67.9 Å². The molecule has 112 valence electrons. The van der Waals surface area contributed by atoms with Crippen LogP contribution in [0, 0.1) is 5.82 Å². The summed E-state index contributed by atoms with van der Waals surface area (Å²) in [5, 5.41) is 4.38. The summed E-state index contributed by atoms with van der Waals surface area (Å²) in [6.07, 6.45) is 0.966. The predicted octanol–water partition coefficient (Wildman–Crippen LogP) is 5.98. The van der Waals surface area contributed by atoms with Gasteiger partial charge in [0, 0.05) is 0 Å². The van der Waals surface area contributed by atoms with E-state index in [4.69, 9.17) is 23.2 Å². The van der Waals surface area contributed by atoms with E-state index in [9.17, 15) is 4.39 Å². The van der Waals surface area contributed by atoms with E-state index in [2.05, 4.69) is 28.2 Å². The largest absolute Gasteiger partial charge is 0.306 e. The van der Waals surface area contributed by atoms with Gasteiger partial charge in [0.1, 0.15) is 5.82 Å². The molecule has 0 aliphatic rings. The third-order valence-corrected chi connectivity index (χ3v) is 4.64. The highest BCUT2D eigenvalue weighted by molar-refractivity contribution is 9.10. The Morgan fingerprint density at radius 1 is 1.24 bits per heavy atom. The average Bonchev–Trinajstić information content (AvgIpc) is 2.47.